The molecule has 0 fully saturated rings. The highest BCUT2D eigenvalue weighted by atomic mass is 35.5. The van der Waals surface area contributed by atoms with Gasteiger partial charge >= 0.3 is 6.18 Å². The van der Waals surface area contributed by atoms with Crippen LogP contribution in [0.3, 0.4) is 0 Å². The molecule has 0 atom stereocenters. The van der Waals surface area contributed by atoms with Gasteiger partial charge in [0, 0.05) is 12.5 Å². The van der Waals surface area contributed by atoms with Crippen molar-refractivity contribution < 1.29 is 22.3 Å². The molecule has 0 aliphatic carbocycles. The van der Waals surface area contributed by atoms with E-state index >= 15 is 0 Å². The van der Waals surface area contributed by atoms with Crippen LogP contribution < -0.4 is 4.74 Å². The average Bonchev–Trinajstić information content (AvgIpc) is 2.32. The van der Waals surface area contributed by atoms with Gasteiger partial charge in [-0.1, -0.05) is 11.8 Å². The summed E-state index contributed by atoms with van der Waals surface area (Å²) >= 11 is 5.40. The number of hydrogen-bond acceptors (Lipinski definition) is 1. The summed E-state index contributed by atoms with van der Waals surface area (Å²) < 4.78 is 54.0. The summed E-state index contributed by atoms with van der Waals surface area (Å²) in [5.41, 5.74) is 0.397. The number of benzene rings is 1. The highest BCUT2D eigenvalue weighted by molar-refractivity contribution is 6.19. The lowest BCUT2D eigenvalue weighted by molar-refractivity contribution is -0.136. The zero-order chi connectivity index (χ0) is 14.3. The largest absolute Gasteiger partial charge is 0.492 e. The highest BCUT2D eigenvalue weighted by Crippen LogP contribution is 2.23. The summed E-state index contributed by atoms with van der Waals surface area (Å²) in [5.74, 6) is 4.91. The molecule has 1 aromatic rings. The standard InChI is InChI=1S/C13H11ClF4O/c14-7-1-3-10-4-5-11(15)9-12(10)19-8-2-6-13(16,17)18/h4-5,9H,2,6-8H2. The number of ether oxygens (including phenoxy) is 1. The van der Waals surface area contributed by atoms with Gasteiger partial charge in [-0.05, 0) is 18.6 Å². The smallest absolute Gasteiger partial charge is 0.389 e. The highest BCUT2D eigenvalue weighted by Gasteiger charge is 2.26. The number of rotatable bonds is 4. The van der Waals surface area contributed by atoms with Crippen LogP contribution in [0.15, 0.2) is 18.2 Å². The van der Waals surface area contributed by atoms with Gasteiger partial charge in [-0.25, -0.2) is 4.39 Å². The minimum atomic E-state index is -4.22. The zero-order valence-corrected chi connectivity index (χ0v) is 10.6. The van der Waals surface area contributed by atoms with Crippen molar-refractivity contribution in [3.05, 3.63) is 29.6 Å². The molecule has 0 amide bonds. The van der Waals surface area contributed by atoms with Crippen molar-refractivity contribution in [2.24, 2.45) is 0 Å². The van der Waals surface area contributed by atoms with Crippen LogP contribution in [0.1, 0.15) is 18.4 Å². The summed E-state index contributed by atoms with van der Waals surface area (Å²) in [6.07, 6.45) is -5.35. The quantitative estimate of drug-likeness (QED) is 0.351. The summed E-state index contributed by atoms with van der Waals surface area (Å²) in [7, 11) is 0. The molecule has 1 rings (SSSR count). The van der Waals surface area contributed by atoms with E-state index in [4.69, 9.17) is 16.3 Å². The third-order valence-electron chi connectivity index (χ3n) is 2.10. The molecule has 0 saturated heterocycles. The van der Waals surface area contributed by atoms with Crippen LogP contribution in [-0.2, 0) is 0 Å². The predicted molar refractivity (Wildman–Crippen MR) is 64.8 cm³/mol. The maximum atomic E-state index is 13.0. The van der Waals surface area contributed by atoms with Crippen molar-refractivity contribution in [2.75, 3.05) is 12.5 Å². The Morgan fingerprint density at radius 2 is 2.00 bits per heavy atom. The second-order valence-corrected chi connectivity index (χ2v) is 3.91. The van der Waals surface area contributed by atoms with E-state index in [0.717, 1.165) is 6.07 Å². The molecule has 1 aromatic carbocycles. The molecule has 0 N–H and O–H groups in total. The van der Waals surface area contributed by atoms with Gasteiger partial charge in [-0.3, -0.25) is 0 Å². The van der Waals surface area contributed by atoms with Gasteiger partial charge in [0.2, 0.25) is 0 Å². The first-order chi connectivity index (χ1) is 8.92. The lowest BCUT2D eigenvalue weighted by Gasteiger charge is -2.09. The topological polar surface area (TPSA) is 9.23 Å². The lowest BCUT2D eigenvalue weighted by Crippen LogP contribution is -2.10. The molecule has 0 spiro atoms. The van der Waals surface area contributed by atoms with Gasteiger partial charge in [0.05, 0.1) is 18.1 Å². The molecular weight excluding hydrogens is 284 g/mol. The van der Waals surface area contributed by atoms with Crippen LogP contribution >= 0.6 is 11.6 Å². The molecule has 104 valence electrons. The van der Waals surface area contributed by atoms with E-state index < -0.39 is 18.4 Å². The minimum Gasteiger partial charge on any atom is -0.492 e. The van der Waals surface area contributed by atoms with Crippen molar-refractivity contribution in [3.63, 3.8) is 0 Å². The van der Waals surface area contributed by atoms with Crippen LogP contribution in [0.25, 0.3) is 0 Å². The Morgan fingerprint density at radius 3 is 2.63 bits per heavy atom. The fourth-order valence-electron chi connectivity index (χ4n) is 1.30. The van der Waals surface area contributed by atoms with Gasteiger partial charge in [0.25, 0.3) is 0 Å². The number of hydrogen-bond donors (Lipinski definition) is 0. The molecule has 0 unspecified atom stereocenters. The van der Waals surface area contributed by atoms with Gasteiger partial charge in [0.15, 0.2) is 0 Å². The summed E-state index contributed by atoms with van der Waals surface area (Å²) in [6.45, 7) is -0.154. The van der Waals surface area contributed by atoms with Crippen LogP contribution in [0.5, 0.6) is 5.75 Å². The van der Waals surface area contributed by atoms with Gasteiger partial charge in [0.1, 0.15) is 11.6 Å². The third-order valence-corrected chi connectivity index (χ3v) is 2.23. The Labute approximate surface area is 113 Å². The summed E-state index contributed by atoms with van der Waals surface area (Å²) in [4.78, 5) is 0. The van der Waals surface area contributed by atoms with Crippen molar-refractivity contribution >= 4 is 11.6 Å². The third kappa shape index (κ3) is 6.35. The van der Waals surface area contributed by atoms with Crippen LogP contribution in [-0.4, -0.2) is 18.7 Å². The Hall–Kier alpha value is -1.41. The van der Waals surface area contributed by atoms with Crippen LogP contribution in [0.2, 0.25) is 0 Å². The Morgan fingerprint density at radius 1 is 1.26 bits per heavy atom. The molecule has 19 heavy (non-hydrogen) atoms. The predicted octanol–water partition coefficient (Wildman–Crippen LogP) is 4.14. The number of halogens is 5. The Bertz CT molecular complexity index is 474. The summed E-state index contributed by atoms with van der Waals surface area (Å²) in [6, 6.07) is 3.68. The lowest BCUT2D eigenvalue weighted by atomic mass is 10.2. The fraction of sp³-hybridized carbons (Fsp3) is 0.385. The fourth-order valence-corrected chi connectivity index (χ4v) is 1.37. The monoisotopic (exact) mass is 294 g/mol. The molecule has 6 heteroatoms. The first-order valence-electron chi connectivity index (χ1n) is 5.46. The van der Waals surface area contributed by atoms with E-state index in [1.165, 1.54) is 12.1 Å². The Kier molecular flexibility index (Phi) is 5.97. The molecular formula is C13H11ClF4O. The first kappa shape index (κ1) is 15.6. The molecule has 0 aliphatic rings. The van der Waals surface area contributed by atoms with Crippen molar-refractivity contribution in [3.8, 4) is 17.6 Å². The van der Waals surface area contributed by atoms with Gasteiger partial charge < -0.3 is 4.74 Å². The van der Waals surface area contributed by atoms with Gasteiger partial charge in [-0.15, -0.1) is 11.6 Å². The van der Waals surface area contributed by atoms with E-state index in [1.54, 1.807) is 0 Å². The first-order valence-corrected chi connectivity index (χ1v) is 6.00. The van der Waals surface area contributed by atoms with E-state index in [2.05, 4.69) is 11.8 Å². The molecule has 0 aromatic heterocycles. The second kappa shape index (κ2) is 7.25. The molecule has 1 nitrogen and oxygen atoms in total. The van der Waals surface area contributed by atoms with Crippen molar-refractivity contribution in [1.29, 1.82) is 0 Å². The van der Waals surface area contributed by atoms with E-state index in [9.17, 15) is 17.6 Å². The van der Waals surface area contributed by atoms with E-state index in [0.29, 0.717) is 5.56 Å². The van der Waals surface area contributed by atoms with Gasteiger partial charge in [-0.2, -0.15) is 13.2 Å². The van der Waals surface area contributed by atoms with Crippen LogP contribution in [0, 0.1) is 17.7 Å². The molecule has 0 radical (unpaired) electrons. The second-order valence-electron chi connectivity index (χ2n) is 3.64. The molecule has 0 bridgehead atoms. The van der Waals surface area contributed by atoms with Crippen molar-refractivity contribution in [2.45, 2.75) is 19.0 Å². The zero-order valence-electron chi connectivity index (χ0n) is 9.86. The van der Waals surface area contributed by atoms with E-state index in [1.807, 2.05) is 0 Å². The molecule has 0 aliphatic heterocycles. The van der Waals surface area contributed by atoms with Crippen molar-refractivity contribution in [1.82, 2.24) is 0 Å². The SMILES string of the molecule is Fc1ccc(C#CCCl)c(OCCCC(F)(F)F)c1. The van der Waals surface area contributed by atoms with Crippen LogP contribution in [0.4, 0.5) is 17.6 Å². The number of alkyl halides is 4. The minimum absolute atomic E-state index is 0.102. The summed E-state index contributed by atoms with van der Waals surface area (Å²) in [5, 5.41) is 0. The maximum Gasteiger partial charge on any atom is 0.389 e. The normalized spacial score (nSPS) is 10.8. The average molecular weight is 295 g/mol. The Balaban J connectivity index is 2.63. The molecule has 0 saturated carbocycles. The molecule has 0 heterocycles. The maximum absolute atomic E-state index is 13.0. The van der Waals surface area contributed by atoms with E-state index in [-0.39, 0.29) is 24.7 Å².